The second-order valence-electron chi connectivity index (χ2n) is 19.2. The summed E-state index contributed by atoms with van der Waals surface area (Å²) in [4.78, 5) is 35.3. The van der Waals surface area contributed by atoms with Gasteiger partial charge in [0.15, 0.2) is 0 Å². The second-order valence-corrected chi connectivity index (χ2v) is 19.2. The van der Waals surface area contributed by atoms with Gasteiger partial charge in [0.2, 0.25) is 0 Å². The van der Waals surface area contributed by atoms with Crippen LogP contribution in [0.3, 0.4) is 0 Å². The number of methoxy groups -OCH3 is 2. The zero-order chi connectivity index (χ0) is 51.5. The van der Waals surface area contributed by atoms with Crippen LogP contribution in [0, 0.1) is 37.8 Å². The molecular weight excluding hydrogens is 985 g/mol. The van der Waals surface area contributed by atoms with E-state index in [9.17, 15) is 10.1 Å². The monoisotopic (exact) mass is 1030 g/mol. The molecule has 7 aromatic carbocycles. The van der Waals surface area contributed by atoms with Crippen molar-refractivity contribution in [2.24, 2.45) is 0 Å². The van der Waals surface area contributed by atoms with Gasteiger partial charge in [-0.3, -0.25) is 10.1 Å². The third-order valence-corrected chi connectivity index (χ3v) is 14.2. The van der Waals surface area contributed by atoms with Crippen molar-refractivity contribution >= 4 is 33.8 Å². The van der Waals surface area contributed by atoms with Gasteiger partial charge in [-0.15, -0.1) is 22.1 Å². The van der Waals surface area contributed by atoms with Crippen LogP contribution in [0.25, 0.3) is 123 Å². The molecule has 0 atom stereocenters. The number of nitrogens with zero attached hydrogens (tertiary/aromatic N) is 5. The number of hydrogen-bond donors (Lipinski definition) is 0. The van der Waals surface area contributed by atoms with E-state index in [0.717, 1.165) is 106 Å². The van der Waals surface area contributed by atoms with Crippen LogP contribution in [0.1, 0.15) is 33.6 Å². The van der Waals surface area contributed by atoms with Crippen molar-refractivity contribution in [1.82, 2.24) is 19.9 Å². The molecule has 0 fully saturated rings. The first-order chi connectivity index (χ1) is 36.5. The van der Waals surface area contributed by atoms with Gasteiger partial charge in [0, 0.05) is 17.2 Å². The molecule has 8 bridgehead atoms. The SMILES string of the molecule is COc1cccc(-c2cc3c(cc2-c2cccc(OC)c2)-c2nc-3c(-c3ccc(C)cc3)c3ccc([n-]3)c(-c3ccc(C)cc3)c3nc(c(-c4ccc(C)cc4)c4ccc([n-]4)c2-c2ccc(C)cc2)C([N+](=O)[O-])=C3)c1.[Ni+2]. The summed E-state index contributed by atoms with van der Waals surface area (Å²) in [6.45, 7) is 8.21. The standard InChI is InChI=1S/C66H49N5O4.Ni/c1-38-13-21-42(22-14-38)60-54-29-30-55(67-54)61(43-23-15-39(2)16-24-43)64-52-35-50(46-9-7-11-48(33-46)74-5)51(47-10-8-12-49(34-47)75-6)36-53(52)65(70-64)62(44-25-17-40(3)18-26-44)56-31-32-57(68-56)63(45-27-19-41(4)20-28-45)66-59(71(72)73)37-58(60)69-66;/h7-37H,1-6H3;/q-2;+2. The molecule has 76 heavy (non-hydrogen) atoms. The molecule has 0 amide bonds. The van der Waals surface area contributed by atoms with Gasteiger partial charge in [-0.05, 0) is 131 Å². The Morgan fingerprint density at radius 2 is 0.763 bits per heavy atom. The third kappa shape index (κ3) is 8.86. The Morgan fingerprint density at radius 3 is 1.13 bits per heavy atom. The van der Waals surface area contributed by atoms with E-state index in [1.807, 2.05) is 111 Å². The molecule has 0 aliphatic carbocycles. The van der Waals surface area contributed by atoms with Crippen LogP contribution >= 0.6 is 0 Å². The Bertz CT molecular complexity index is 4140. The first-order valence-electron chi connectivity index (χ1n) is 24.8. The molecule has 5 heterocycles. The predicted octanol–water partition coefficient (Wildman–Crippen LogP) is 15.9. The smallest absolute Gasteiger partial charge is 0.657 e. The van der Waals surface area contributed by atoms with Crippen molar-refractivity contribution in [1.29, 1.82) is 0 Å². The van der Waals surface area contributed by atoms with E-state index in [-0.39, 0.29) is 32.8 Å². The van der Waals surface area contributed by atoms with Crippen molar-refractivity contribution in [3.05, 3.63) is 226 Å². The van der Waals surface area contributed by atoms with Crippen molar-refractivity contribution < 1.29 is 30.9 Å². The van der Waals surface area contributed by atoms with Crippen LogP contribution in [0.4, 0.5) is 0 Å². The van der Waals surface area contributed by atoms with E-state index in [1.54, 1.807) is 20.3 Å². The Morgan fingerprint density at radius 1 is 0.408 bits per heavy atom. The topological polar surface area (TPSA) is 116 Å². The zero-order valence-corrected chi connectivity index (χ0v) is 43.6. The molecule has 0 radical (unpaired) electrons. The number of fused-ring (bicyclic) bond motifs is 11. The maximum absolute atomic E-state index is 13.4. The average Bonchev–Trinajstić information content (AvgIpc) is 4.27. The minimum Gasteiger partial charge on any atom is -0.657 e. The van der Waals surface area contributed by atoms with Crippen LogP contribution < -0.4 is 19.4 Å². The summed E-state index contributed by atoms with van der Waals surface area (Å²) in [5.41, 5.74) is 20.5. The summed E-state index contributed by atoms with van der Waals surface area (Å²) in [5, 5.41) is 13.4. The normalized spacial score (nSPS) is 11.6. The largest absolute Gasteiger partial charge is 2.00 e. The molecule has 0 spiro atoms. The van der Waals surface area contributed by atoms with Gasteiger partial charge >= 0.3 is 16.5 Å². The fraction of sp³-hybridized carbons (Fsp3) is 0.0909. The number of rotatable bonds is 9. The molecule has 2 aliphatic rings. The van der Waals surface area contributed by atoms with Crippen molar-refractivity contribution in [2.45, 2.75) is 27.7 Å². The van der Waals surface area contributed by atoms with Crippen LogP contribution in [-0.2, 0) is 16.5 Å². The molecule has 2 aliphatic heterocycles. The number of hydrogen-bond acceptors (Lipinski definition) is 6. The molecule has 12 rings (SSSR count). The Labute approximate surface area is 450 Å². The van der Waals surface area contributed by atoms with Gasteiger partial charge < -0.3 is 19.4 Å². The number of nitro groups is 1. The number of aryl methyl sites for hydroxylation is 4. The molecular formula is C66H49N5NiO4. The van der Waals surface area contributed by atoms with Gasteiger partial charge in [0.1, 0.15) is 17.2 Å². The van der Waals surface area contributed by atoms with E-state index < -0.39 is 0 Å². The minimum atomic E-state index is -0.345. The molecule has 3 aromatic heterocycles. The first-order valence-corrected chi connectivity index (χ1v) is 24.8. The average molecular weight is 1030 g/mol. The molecule has 0 unspecified atom stereocenters. The van der Waals surface area contributed by atoms with Crippen molar-refractivity contribution in [3.8, 4) is 101 Å². The van der Waals surface area contributed by atoms with E-state index >= 15 is 0 Å². The minimum absolute atomic E-state index is 0. The van der Waals surface area contributed by atoms with Crippen LogP contribution in [0.15, 0.2) is 182 Å². The zero-order valence-electron chi connectivity index (χ0n) is 42.6. The molecule has 0 saturated carbocycles. The van der Waals surface area contributed by atoms with E-state index in [1.165, 1.54) is 0 Å². The van der Waals surface area contributed by atoms with Gasteiger partial charge in [-0.1, -0.05) is 168 Å². The van der Waals surface area contributed by atoms with Crippen LogP contribution in [0.5, 0.6) is 11.5 Å². The molecule has 10 aromatic rings. The fourth-order valence-corrected chi connectivity index (χ4v) is 10.3. The van der Waals surface area contributed by atoms with E-state index in [0.29, 0.717) is 44.6 Å². The molecule has 0 saturated heterocycles. The third-order valence-electron chi connectivity index (χ3n) is 14.2. The van der Waals surface area contributed by atoms with Gasteiger partial charge in [-0.25, -0.2) is 9.97 Å². The van der Waals surface area contributed by atoms with Gasteiger partial charge in [-0.2, -0.15) is 0 Å². The summed E-state index contributed by atoms with van der Waals surface area (Å²) in [7, 11) is 3.37. The predicted molar refractivity (Wildman–Crippen MR) is 303 cm³/mol. The van der Waals surface area contributed by atoms with Crippen molar-refractivity contribution in [2.75, 3.05) is 14.2 Å². The maximum Gasteiger partial charge on any atom is 2.00 e. The summed E-state index contributed by atoms with van der Waals surface area (Å²) >= 11 is 0. The maximum atomic E-state index is 13.4. The van der Waals surface area contributed by atoms with Gasteiger partial charge in [0.25, 0.3) is 5.70 Å². The second kappa shape index (κ2) is 20.0. The molecule has 9 nitrogen and oxygen atoms in total. The summed E-state index contributed by atoms with van der Waals surface area (Å²) in [5.74, 6) is 1.46. The van der Waals surface area contributed by atoms with Crippen molar-refractivity contribution in [3.63, 3.8) is 0 Å². The van der Waals surface area contributed by atoms with E-state index in [4.69, 9.17) is 29.4 Å². The molecule has 10 heteroatoms. The summed E-state index contributed by atoms with van der Waals surface area (Å²) in [6.07, 6.45) is 1.58. The van der Waals surface area contributed by atoms with E-state index in [2.05, 4.69) is 98.8 Å². The summed E-state index contributed by atoms with van der Waals surface area (Å²) in [6, 6.07) is 61.8. The van der Waals surface area contributed by atoms with Crippen LogP contribution in [0.2, 0.25) is 0 Å². The molecule has 372 valence electrons. The number of aromatic nitrogens is 4. The Hall–Kier alpha value is -9.11. The Kier molecular flexibility index (Phi) is 12.9. The van der Waals surface area contributed by atoms with Gasteiger partial charge in [0.05, 0.1) is 36.2 Å². The van der Waals surface area contributed by atoms with Crippen LogP contribution in [-0.4, -0.2) is 29.1 Å². The molecule has 0 N–H and O–H groups in total. The summed E-state index contributed by atoms with van der Waals surface area (Å²) < 4.78 is 11.7. The quantitative estimate of drug-likeness (QED) is 0.0797. The number of benzene rings is 7. The number of ether oxygens (including phenoxy) is 2. The fourth-order valence-electron chi connectivity index (χ4n) is 10.3. The first kappa shape index (κ1) is 49.1. The Balaban J connectivity index is 0.00000616.